The van der Waals surface area contributed by atoms with Gasteiger partial charge in [0.1, 0.15) is 11.3 Å². The molecular weight excluding hydrogens is 277 g/mol. The second-order valence-corrected chi connectivity index (χ2v) is 4.64. The van der Waals surface area contributed by atoms with E-state index in [2.05, 4.69) is 10.3 Å². The van der Waals surface area contributed by atoms with Crippen LogP contribution in [0.2, 0.25) is 0 Å². The molecule has 2 aromatic carbocycles. The van der Waals surface area contributed by atoms with E-state index in [0.29, 0.717) is 22.6 Å². The van der Waals surface area contributed by atoms with Gasteiger partial charge < -0.3 is 15.5 Å². The van der Waals surface area contributed by atoms with Gasteiger partial charge in [-0.05, 0) is 54.7 Å². The molecule has 3 aromatic rings. The first-order valence-corrected chi connectivity index (χ1v) is 6.25. The van der Waals surface area contributed by atoms with Crippen molar-refractivity contribution in [3.05, 3.63) is 48.3 Å². The van der Waals surface area contributed by atoms with E-state index < -0.39 is 0 Å². The van der Waals surface area contributed by atoms with Gasteiger partial charge in [0, 0.05) is 11.3 Å². The Morgan fingerprint density at radius 3 is 2.65 bits per heavy atom. The molecule has 3 N–H and O–H groups in total. The van der Waals surface area contributed by atoms with Crippen LogP contribution in [0.25, 0.3) is 22.6 Å². The standard InChI is InChI=1S/C14H10FN3OS/c15-9-3-1-8(2-4-9)13-18-11-7-10(17-14(16)20)5-6-12(11)19-13/h1-7H,(H3,16,17,20). The number of hydrogen-bond acceptors (Lipinski definition) is 3. The first-order chi connectivity index (χ1) is 9.61. The lowest BCUT2D eigenvalue weighted by Gasteiger charge is -2.01. The Kier molecular flexibility index (Phi) is 3.08. The summed E-state index contributed by atoms with van der Waals surface area (Å²) in [5, 5.41) is 3.02. The molecule has 0 spiro atoms. The van der Waals surface area contributed by atoms with Crippen molar-refractivity contribution in [1.29, 1.82) is 0 Å². The summed E-state index contributed by atoms with van der Waals surface area (Å²) in [4.78, 5) is 4.37. The number of rotatable bonds is 2. The molecule has 4 nitrogen and oxygen atoms in total. The number of anilines is 1. The van der Waals surface area contributed by atoms with Crippen LogP contribution < -0.4 is 11.1 Å². The van der Waals surface area contributed by atoms with Crippen LogP contribution in [-0.4, -0.2) is 10.1 Å². The third-order valence-electron chi connectivity index (χ3n) is 2.75. The number of nitrogens with two attached hydrogens (primary N) is 1. The van der Waals surface area contributed by atoms with Crippen molar-refractivity contribution >= 4 is 34.1 Å². The summed E-state index contributed by atoms with van der Waals surface area (Å²) in [5.41, 5.74) is 8.18. The van der Waals surface area contributed by atoms with Gasteiger partial charge >= 0.3 is 0 Å². The molecule has 0 radical (unpaired) electrons. The fraction of sp³-hybridized carbons (Fsp3) is 0. The molecule has 0 saturated heterocycles. The van der Waals surface area contributed by atoms with Crippen molar-refractivity contribution in [2.24, 2.45) is 5.73 Å². The number of aromatic nitrogens is 1. The number of oxazole rings is 1. The molecular formula is C14H10FN3OS. The Morgan fingerprint density at radius 1 is 1.20 bits per heavy atom. The van der Waals surface area contributed by atoms with Gasteiger partial charge in [0.25, 0.3) is 0 Å². The Bertz CT molecular complexity index is 783. The van der Waals surface area contributed by atoms with Crippen LogP contribution in [0.3, 0.4) is 0 Å². The summed E-state index contributed by atoms with van der Waals surface area (Å²) >= 11 is 4.78. The summed E-state index contributed by atoms with van der Waals surface area (Å²) in [7, 11) is 0. The van der Waals surface area contributed by atoms with Crippen LogP contribution in [0.5, 0.6) is 0 Å². The molecule has 0 bridgehead atoms. The maximum atomic E-state index is 12.9. The topological polar surface area (TPSA) is 64.1 Å². The smallest absolute Gasteiger partial charge is 0.227 e. The van der Waals surface area contributed by atoms with Crippen molar-refractivity contribution in [2.45, 2.75) is 0 Å². The highest BCUT2D eigenvalue weighted by Crippen LogP contribution is 2.26. The first-order valence-electron chi connectivity index (χ1n) is 5.85. The molecule has 0 unspecified atom stereocenters. The second kappa shape index (κ2) is 4.90. The molecule has 20 heavy (non-hydrogen) atoms. The molecule has 0 aliphatic rings. The lowest BCUT2D eigenvalue weighted by atomic mass is 10.2. The number of fused-ring (bicyclic) bond motifs is 1. The Morgan fingerprint density at radius 2 is 1.95 bits per heavy atom. The average molecular weight is 287 g/mol. The van der Waals surface area contributed by atoms with Gasteiger partial charge in [-0.25, -0.2) is 9.37 Å². The molecule has 0 aliphatic carbocycles. The normalized spacial score (nSPS) is 10.7. The zero-order valence-electron chi connectivity index (χ0n) is 10.3. The minimum Gasteiger partial charge on any atom is -0.436 e. The van der Waals surface area contributed by atoms with E-state index in [0.717, 1.165) is 5.69 Å². The fourth-order valence-corrected chi connectivity index (χ4v) is 1.98. The van der Waals surface area contributed by atoms with Crippen LogP contribution >= 0.6 is 12.2 Å². The Hall–Kier alpha value is -2.47. The predicted octanol–water partition coefficient (Wildman–Crippen LogP) is 3.29. The lowest BCUT2D eigenvalue weighted by molar-refractivity contribution is 0.616. The minimum absolute atomic E-state index is 0.187. The van der Waals surface area contributed by atoms with E-state index in [-0.39, 0.29) is 10.9 Å². The highest BCUT2D eigenvalue weighted by Gasteiger charge is 2.09. The second-order valence-electron chi connectivity index (χ2n) is 4.20. The number of hydrogen-bond donors (Lipinski definition) is 2. The maximum Gasteiger partial charge on any atom is 0.227 e. The van der Waals surface area contributed by atoms with Crippen LogP contribution in [0.4, 0.5) is 10.1 Å². The monoisotopic (exact) mass is 287 g/mol. The van der Waals surface area contributed by atoms with Crippen LogP contribution in [0.1, 0.15) is 0 Å². The van der Waals surface area contributed by atoms with Crippen molar-refractivity contribution < 1.29 is 8.81 Å². The first kappa shape index (κ1) is 12.6. The molecule has 100 valence electrons. The Labute approximate surface area is 119 Å². The summed E-state index contributed by atoms with van der Waals surface area (Å²) in [5.74, 6) is 0.139. The number of benzene rings is 2. The number of thiocarbonyl (C=S) groups is 1. The summed E-state index contributed by atoms with van der Waals surface area (Å²) in [6, 6.07) is 11.3. The van der Waals surface area contributed by atoms with Crippen molar-refractivity contribution in [2.75, 3.05) is 5.32 Å². The van der Waals surface area contributed by atoms with Crippen molar-refractivity contribution in [3.8, 4) is 11.5 Å². The predicted molar refractivity (Wildman–Crippen MR) is 79.8 cm³/mol. The zero-order chi connectivity index (χ0) is 14.1. The lowest BCUT2D eigenvalue weighted by Crippen LogP contribution is -2.18. The summed E-state index contributed by atoms with van der Waals surface area (Å²) < 4.78 is 18.5. The Balaban J connectivity index is 2.01. The highest BCUT2D eigenvalue weighted by molar-refractivity contribution is 7.80. The average Bonchev–Trinajstić information content (AvgIpc) is 2.81. The van der Waals surface area contributed by atoms with E-state index >= 15 is 0 Å². The third-order valence-corrected chi connectivity index (χ3v) is 2.85. The fourth-order valence-electron chi connectivity index (χ4n) is 1.86. The highest BCUT2D eigenvalue weighted by atomic mass is 32.1. The molecule has 0 saturated carbocycles. The maximum absolute atomic E-state index is 12.9. The molecule has 0 fully saturated rings. The van der Waals surface area contributed by atoms with Gasteiger partial charge in [-0.15, -0.1) is 0 Å². The van der Waals surface area contributed by atoms with E-state index in [4.69, 9.17) is 22.4 Å². The molecule has 1 heterocycles. The molecule has 0 aliphatic heterocycles. The van der Waals surface area contributed by atoms with E-state index in [1.807, 2.05) is 0 Å². The van der Waals surface area contributed by atoms with Crippen molar-refractivity contribution in [1.82, 2.24) is 4.98 Å². The molecule has 0 amide bonds. The zero-order valence-corrected chi connectivity index (χ0v) is 11.1. The number of halogens is 1. The quantitative estimate of drug-likeness (QED) is 0.708. The van der Waals surface area contributed by atoms with Crippen molar-refractivity contribution in [3.63, 3.8) is 0 Å². The van der Waals surface area contributed by atoms with Crippen LogP contribution in [0, 0.1) is 5.82 Å². The minimum atomic E-state index is -0.298. The summed E-state index contributed by atoms with van der Waals surface area (Å²) in [6.45, 7) is 0. The molecule has 0 atom stereocenters. The SMILES string of the molecule is NC(=S)Nc1ccc2oc(-c3ccc(F)cc3)nc2c1. The van der Waals surface area contributed by atoms with Gasteiger partial charge in [0.05, 0.1) is 0 Å². The third kappa shape index (κ3) is 2.46. The van der Waals surface area contributed by atoms with Gasteiger partial charge in [-0.1, -0.05) is 0 Å². The number of nitrogens with one attached hydrogen (secondary N) is 1. The molecule has 3 rings (SSSR count). The van der Waals surface area contributed by atoms with Crippen LogP contribution in [-0.2, 0) is 0 Å². The molecule has 6 heteroatoms. The van der Waals surface area contributed by atoms with E-state index in [9.17, 15) is 4.39 Å². The largest absolute Gasteiger partial charge is 0.436 e. The molecule has 1 aromatic heterocycles. The van der Waals surface area contributed by atoms with Gasteiger partial charge in [-0.2, -0.15) is 0 Å². The van der Waals surface area contributed by atoms with Gasteiger partial charge in [0.2, 0.25) is 5.89 Å². The van der Waals surface area contributed by atoms with E-state index in [1.165, 1.54) is 12.1 Å². The summed E-state index contributed by atoms with van der Waals surface area (Å²) in [6.07, 6.45) is 0. The number of nitrogens with zero attached hydrogens (tertiary/aromatic N) is 1. The van der Waals surface area contributed by atoms with Gasteiger partial charge in [-0.3, -0.25) is 0 Å². The van der Waals surface area contributed by atoms with E-state index in [1.54, 1.807) is 30.3 Å². The van der Waals surface area contributed by atoms with Crippen LogP contribution in [0.15, 0.2) is 46.9 Å². The van der Waals surface area contributed by atoms with Gasteiger partial charge in [0.15, 0.2) is 10.7 Å².